The third-order valence-electron chi connectivity index (χ3n) is 4.00. The molecule has 2 rings (SSSR count). The molecule has 1 fully saturated rings. The number of hydrogen-bond acceptors (Lipinski definition) is 1. The van der Waals surface area contributed by atoms with Crippen LogP contribution >= 0.6 is 0 Å². The minimum absolute atomic E-state index is 0.0933. The molecule has 1 amide bonds. The first-order chi connectivity index (χ1) is 9.24. The van der Waals surface area contributed by atoms with E-state index in [1.54, 1.807) is 0 Å². The lowest BCUT2D eigenvalue weighted by molar-refractivity contribution is 0.0584. The van der Waals surface area contributed by atoms with Gasteiger partial charge in [0.2, 0.25) is 0 Å². The van der Waals surface area contributed by atoms with Crippen molar-refractivity contribution < 1.29 is 4.79 Å². The first-order valence-corrected chi connectivity index (χ1v) is 7.24. The minimum Gasteiger partial charge on any atom is -0.330 e. The lowest BCUT2D eigenvalue weighted by atomic mass is 9.92. The fourth-order valence-electron chi connectivity index (χ4n) is 2.89. The Labute approximate surface area is 116 Å². The lowest BCUT2D eigenvalue weighted by Gasteiger charge is -2.37. The summed E-state index contributed by atoms with van der Waals surface area (Å²) in [6.07, 6.45) is 7.87. The molecule has 0 radical (unpaired) electrons. The van der Waals surface area contributed by atoms with E-state index in [2.05, 4.69) is 13.5 Å². The standard InChI is InChI=1S/C17H23NO/c1-3-14(2)18(16-12-8-5-9-13-16)17(19)15-10-6-4-7-11-15/h3-4,6-7,10-11,14,16H,1,5,8-9,12-13H2,2H3. The van der Waals surface area contributed by atoms with Crippen molar-refractivity contribution in [3.05, 3.63) is 48.6 Å². The van der Waals surface area contributed by atoms with Gasteiger partial charge in [0.15, 0.2) is 0 Å². The first-order valence-electron chi connectivity index (χ1n) is 7.24. The minimum atomic E-state index is 0.0933. The monoisotopic (exact) mass is 257 g/mol. The predicted octanol–water partition coefficient (Wildman–Crippen LogP) is 4.04. The van der Waals surface area contributed by atoms with E-state index in [0.29, 0.717) is 6.04 Å². The Kier molecular flexibility index (Phi) is 4.78. The van der Waals surface area contributed by atoms with Gasteiger partial charge in [0.1, 0.15) is 0 Å². The second-order valence-electron chi connectivity index (χ2n) is 5.35. The summed E-state index contributed by atoms with van der Waals surface area (Å²) in [5, 5.41) is 0. The molecule has 1 aromatic carbocycles. The van der Waals surface area contributed by atoms with E-state index in [1.165, 1.54) is 19.3 Å². The summed E-state index contributed by atoms with van der Waals surface area (Å²) < 4.78 is 0. The number of benzene rings is 1. The van der Waals surface area contributed by atoms with Gasteiger partial charge in [-0.25, -0.2) is 0 Å². The highest BCUT2D eigenvalue weighted by molar-refractivity contribution is 5.94. The summed E-state index contributed by atoms with van der Waals surface area (Å²) in [6.45, 7) is 5.92. The summed E-state index contributed by atoms with van der Waals surface area (Å²) >= 11 is 0. The molecule has 1 aliphatic rings. The number of hydrogen-bond donors (Lipinski definition) is 0. The molecule has 102 valence electrons. The van der Waals surface area contributed by atoms with Crippen LogP contribution in [-0.2, 0) is 0 Å². The van der Waals surface area contributed by atoms with Gasteiger partial charge in [-0.1, -0.05) is 43.5 Å². The molecule has 1 aromatic rings. The molecule has 0 saturated heterocycles. The maximum Gasteiger partial charge on any atom is 0.254 e. The van der Waals surface area contributed by atoms with Gasteiger partial charge in [0.05, 0.1) is 0 Å². The highest BCUT2D eigenvalue weighted by Crippen LogP contribution is 2.26. The molecule has 1 atom stereocenters. The molecular weight excluding hydrogens is 234 g/mol. The molecule has 2 heteroatoms. The molecule has 0 spiro atoms. The Morgan fingerprint density at radius 3 is 2.47 bits per heavy atom. The number of rotatable bonds is 4. The summed E-state index contributed by atoms with van der Waals surface area (Å²) in [7, 11) is 0. The molecule has 0 bridgehead atoms. The van der Waals surface area contributed by atoms with Crippen LogP contribution in [0.15, 0.2) is 43.0 Å². The van der Waals surface area contributed by atoms with Gasteiger partial charge in [0, 0.05) is 17.6 Å². The van der Waals surface area contributed by atoms with Crippen molar-refractivity contribution in [3.63, 3.8) is 0 Å². The van der Waals surface area contributed by atoms with E-state index in [-0.39, 0.29) is 11.9 Å². The van der Waals surface area contributed by atoms with Gasteiger partial charge in [-0.15, -0.1) is 6.58 Å². The van der Waals surface area contributed by atoms with E-state index in [9.17, 15) is 4.79 Å². The Morgan fingerprint density at radius 2 is 1.89 bits per heavy atom. The van der Waals surface area contributed by atoms with Gasteiger partial charge in [-0.2, -0.15) is 0 Å². The van der Waals surface area contributed by atoms with Crippen LogP contribution in [0.25, 0.3) is 0 Å². The van der Waals surface area contributed by atoms with Crippen LogP contribution in [0.3, 0.4) is 0 Å². The van der Waals surface area contributed by atoms with Gasteiger partial charge in [-0.3, -0.25) is 4.79 Å². The zero-order chi connectivity index (χ0) is 13.7. The molecule has 19 heavy (non-hydrogen) atoms. The second-order valence-corrected chi connectivity index (χ2v) is 5.35. The van der Waals surface area contributed by atoms with E-state index < -0.39 is 0 Å². The fraction of sp³-hybridized carbons (Fsp3) is 0.471. The summed E-state index contributed by atoms with van der Waals surface area (Å²) in [4.78, 5) is 14.8. The lowest BCUT2D eigenvalue weighted by Crippen LogP contribution is -2.46. The molecule has 0 N–H and O–H groups in total. The Balaban J connectivity index is 2.22. The molecular formula is C17H23NO. The number of amides is 1. The van der Waals surface area contributed by atoms with Gasteiger partial charge in [0.25, 0.3) is 5.91 Å². The van der Waals surface area contributed by atoms with Crippen molar-refractivity contribution in [2.75, 3.05) is 0 Å². The Hall–Kier alpha value is -1.57. The average molecular weight is 257 g/mol. The van der Waals surface area contributed by atoms with Crippen LogP contribution in [0, 0.1) is 0 Å². The summed E-state index contributed by atoms with van der Waals surface area (Å²) in [5.74, 6) is 0.139. The topological polar surface area (TPSA) is 20.3 Å². The van der Waals surface area contributed by atoms with E-state index >= 15 is 0 Å². The van der Waals surface area contributed by atoms with Crippen molar-refractivity contribution in [1.29, 1.82) is 0 Å². The quantitative estimate of drug-likeness (QED) is 0.746. The summed E-state index contributed by atoms with van der Waals surface area (Å²) in [5.41, 5.74) is 0.779. The van der Waals surface area contributed by atoms with Crippen LogP contribution in [0.4, 0.5) is 0 Å². The average Bonchev–Trinajstić information content (AvgIpc) is 2.49. The third-order valence-corrected chi connectivity index (χ3v) is 4.00. The Bertz CT molecular complexity index is 420. The van der Waals surface area contributed by atoms with Crippen LogP contribution < -0.4 is 0 Å². The summed E-state index contributed by atoms with van der Waals surface area (Å²) in [6, 6.07) is 10.0. The van der Waals surface area contributed by atoms with E-state index in [0.717, 1.165) is 18.4 Å². The largest absolute Gasteiger partial charge is 0.330 e. The van der Waals surface area contributed by atoms with Crippen LogP contribution in [0.5, 0.6) is 0 Å². The highest BCUT2D eigenvalue weighted by atomic mass is 16.2. The molecule has 0 aliphatic heterocycles. The SMILES string of the molecule is C=CC(C)N(C(=O)c1ccccc1)C1CCCCC1. The molecule has 1 aliphatic carbocycles. The van der Waals surface area contributed by atoms with Crippen LogP contribution in [0.1, 0.15) is 49.4 Å². The Morgan fingerprint density at radius 1 is 1.26 bits per heavy atom. The zero-order valence-corrected chi connectivity index (χ0v) is 11.7. The van der Waals surface area contributed by atoms with Crippen molar-refractivity contribution in [1.82, 2.24) is 4.90 Å². The highest BCUT2D eigenvalue weighted by Gasteiger charge is 2.28. The maximum atomic E-state index is 12.7. The predicted molar refractivity (Wildman–Crippen MR) is 79.1 cm³/mol. The van der Waals surface area contributed by atoms with Gasteiger partial charge in [-0.05, 0) is 31.9 Å². The number of nitrogens with zero attached hydrogens (tertiary/aromatic N) is 1. The normalized spacial score (nSPS) is 17.7. The van der Waals surface area contributed by atoms with Crippen molar-refractivity contribution in [3.8, 4) is 0 Å². The second kappa shape index (κ2) is 6.55. The van der Waals surface area contributed by atoms with E-state index in [4.69, 9.17) is 0 Å². The molecule has 0 heterocycles. The third kappa shape index (κ3) is 3.25. The fourth-order valence-corrected chi connectivity index (χ4v) is 2.89. The maximum absolute atomic E-state index is 12.7. The number of carbonyl (C=O) groups excluding carboxylic acids is 1. The van der Waals surface area contributed by atoms with Crippen molar-refractivity contribution in [2.45, 2.75) is 51.1 Å². The van der Waals surface area contributed by atoms with Crippen LogP contribution in [0.2, 0.25) is 0 Å². The first kappa shape index (κ1) is 13.9. The molecule has 1 unspecified atom stereocenters. The molecule has 1 saturated carbocycles. The van der Waals surface area contributed by atoms with Gasteiger partial charge >= 0.3 is 0 Å². The smallest absolute Gasteiger partial charge is 0.254 e. The van der Waals surface area contributed by atoms with Gasteiger partial charge < -0.3 is 4.90 Å². The zero-order valence-electron chi connectivity index (χ0n) is 11.7. The molecule has 0 aromatic heterocycles. The number of carbonyl (C=O) groups is 1. The van der Waals surface area contributed by atoms with Crippen molar-refractivity contribution >= 4 is 5.91 Å². The van der Waals surface area contributed by atoms with E-state index in [1.807, 2.05) is 41.3 Å². The molecule has 2 nitrogen and oxygen atoms in total. The van der Waals surface area contributed by atoms with Crippen LogP contribution in [-0.4, -0.2) is 22.9 Å². The van der Waals surface area contributed by atoms with Crippen molar-refractivity contribution in [2.24, 2.45) is 0 Å².